The van der Waals surface area contributed by atoms with Crippen LogP contribution in [-0.4, -0.2) is 10.7 Å². The molecule has 1 atom stereocenters. The zero-order valence-electron chi connectivity index (χ0n) is 13.0. The van der Waals surface area contributed by atoms with Crippen LogP contribution in [-0.2, 0) is 0 Å². The van der Waals surface area contributed by atoms with Crippen LogP contribution in [0.2, 0.25) is 0 Å². The topological polar surface area (TPSA) is 37.3 Å². The molecule has 1 N–H and O–H groups in total. The van der Waals surface area contributed by atoms with Gasteiger partial charge in [0.25, 0.3) is 0 Å². The normalized spacial score (nSPS) is 16.5. The minimum Gasteiger partial charge on any atom is -0.361 e. The van der Waals surface area contributed by atoms with E-state index in [1.165, 1.54) is 5.56 Å². The van der Waals surface area contributed by atoms with Gasteiger partial charge in [-0.3, -0.25) is 0 Å². The van der Waals surface area contributed by atoms with Crippen LogP contribution in [0.15, 0.2) is 82.4 Å². The van der Waals surface area contributed by atoms with Gasteiger partial charge in [-0.05, 0) is 35.4 Å². The van der Waals surface area contributed by atoms with Gasteiger partial charge in [-0.2, -0.15) is 0 Å². The molecule has 0 saturated heterocycles. The third kappa shape index (κ3) is 3.10. The second-order valence-corrected chi connectivity index (χ2v) is 6.67. The van der Waals surface area contributed by atoms with E-state index in [4.69, 9.17) is 4.99 Å². The standard InChI is InChI=1S/C20H16BrN3/c21-16-9-4-8-15(12-16)19-13-18(14-6-2-1-3-7-14)23-17-10-5-11-22-20(17)24-19/h1-12,19H,13H2,(H,22,24). The summed E-state index contributed by atoms with van der Waals surface area (Å²) in [5.74, 6) is 0.827. The summed E-state index contributed by atoms with van der Waals surface area (Å²) in [4.78, 5) is 9.36. The summed E-state index contributed by atoms with van der Waals surface area (Å²) >= 11 is 3.57. The van der Waals surface area contributed by atoms with Gasteiger partial charge in [0.2, 0.25) is 0 Å². The molecule has 4 rings (SSSR count). The predicted octanol–water partition coefficient (Wildman–Crippen LogP) is 5.52. The lowest BCUT2D eigenvalue weighted by atomic mass is 9.97. The van der Waals surface area contributed by atoms with Crippen LogP contribution in [0.3, 0.4) is 0 Å². The van der Waals surface area contributed by atoms with Gasteiger partial charge in [-0.15, -0.1) is 0 Å². The number of hydrogen-bond acceptors (Lipinski definition) is 3. The number of halogens is 1. The summed E-state index contributed by atoms with van der Waals surface area (Å²) in [6.45, 7) is 0. The molecule has 0 fully saturated rings. The molecule has 0 saturated carbocycles. The van der Waals surface area contributed by atoms with Crippen molar-refractivity contribution in [1.82, 2.24) is 4.98 Å². The lowest BCUT2D eigenvalue weighted by molar-refractivity contribution is 0.821. The smallest absolute Gasteiger partial charge is 0.152 e. The molecule has 3 aromatic rings. The first-order valence-electron chi connectivity index (χ1n) is 7.89. The first kappa shape index (κ1) is 15.1. The van der Waals surface area contributed by atoms with Crippen LogP contribution in [0.4, 0.5) is 11.5 Å². The third-order valence-electron chi connectivity index (χ3n) is 4.11. The molecule has 1 aromatic heterocycles. The van der Waals surface area contributed by atoms with Crippen LogP contribution in [0.1, 0.15) is 23.6 Å². The summed E-state index contributed by atoms with van der Waals surface area (Å²) in [6, 6.07) is 22.8. The van der Waals surface area contributed by atoms with E-state index in [2.05, 4.69) is 68.7 Å². The molecule has 0 spiro atoms. The van der Waals surface area contributed by atoms with E-state index in [-0.39, 0.29) is 6.04 Å². The number of pyridine rings is 1. The van der Waals surface area contributed by atoms with Gasteiger partial charge in [0.05, 0.1) is 11.8 Å². The van der Waals surface area contributed by atoms with Gasteiger partial charge in [0, 0.05) is 17.1 Å². The first-order valence-corrected chi connectivity index (χ1v) is 8.69. The summed E-state index contributed by atoms with van der Waals surface area (Å²) in [5, 5.41) is 3.56. The highest BCUT2D eigenvalue weighted by Gasteiger charge is 2.21. The first-order chi connectivity index (χ1) is 11.8. The van der Waals surface area contributed by atoms with Crippen molar-refractivity contribution < 1.29 is 0 Å². The Morgan fingerprint density at radius 3 is 2.67 bits per heavy atom. The van der Waals surface area contributed by atoms with Gasteiger partial charge >= 0.3 is 0 Å². The minimum absolute atomic E-state index is 0.123. The molecule has 2 heterocycles. The van der Waals surface area contributed by atoms with Gasteiger partial charge in [0.15, 0.2) is 5.82 Å². The van der Waals surface area contributed by atoms with E-state index in [0.717, 1.165) is 33.7 Å². The fraction of sp³-hybridized carbons (Fsp3) is 0.100. The zero-order chi connectivity index (χ0) is 16.4. The Morgan fingerprint density at radius 2 is 1.83 bits per heavy atom. The molecule has 2 aromatic carbocycles. The lowest BCUT2D eigenvalue weighted by Gasteiger charge is -2.19. The highest BCUT2D eigenvalue weighted by atomic mass is 79.9. The molecule has 1 aliphatic rings. The fourth-order valence-corrected chi connectivity index (χ4v) is 3.35. The number of benzene rings is 2. The molecule has 24 heavy (non-hydrogen) atoms. The molecule has 4 heteroatoms. The monoisotopic (exact) mass is 377 g/mol. The highest BCUT2D eigenvalue weighted by Crippen LogP contribution is 2.34. The van der Waals surface area contributed by atoms with Crippen LogP contribution in [0.25, 0.3) is 0 Å². The summed E-state index contributed by atoms with van der Waals surface area (Å²) in [7, 11) is 0. The van der Waals surface area contributed by atoms with E-state index < -0.39 is 0 Å². The summed E-state index contributed by atoms with van der Waals surface area (Å²) in [5.41, 5.74) is 4.32. The average Bonchev–Trinajstić information content (AvgIpc) is 2.82. The van der Waals surface area contributed by atoms with Crippen molar-refractivity contribution in [2.45, 2.75) is 12.5 Å². The van der Waals surface area contributed by atoms with E-state index in [9.17, 15) is 0 Å². The molecule has 0 radical (unpaired) electrons. The predicted molar refractivity (Wildman–Crippen MR) is 102 cm³/mol. The van der Waals surface area contributed by atoms with E-state index >= 15 is 0 Å². The van der Waals surface area contributed by atoms with Gasteiger partial charge in [-0.25, -0.2) is 9.98 Å². The van der Waals surface area contributed by atoms with Crippen molar-refractivity contribution in [3.8, 4) is 0 Å². The molecule has 1 aliphatic heterocycles. The number of rotatable bonds is 2. The maximum atomic E-state index is 4.89. The Hall–Kier alpha value is -2.46. The Morgan fingerprint density at radius 1 is 0.958 bits per heavy atom. The van der Waals surface area contributed by atoms with Crippen molar-refractivity contribution in [1.29, 1.82) is 0 Å². The number of nitrogens with zero attached hydrogens (tertiary/aromatic N) is 2. The number of aliphatic imine (C=N–C) groups is 1. The third-order valence-corrected chi connectivity index (χ3v) is 4.60. The molecule has 3 nitrogen and oxygen atoms in total. The van der Waals surface area contributed by atoms with Crippen molar-refractivity contribution in [3.63, 3.8) is 0 Å². The average molecular weight is 378 g/mol. The largest absolute Gasteiger partial charge is 0.361 e. The molecule has 0 bridgehead atoms. The number of hydrogen-bond donors (Lipinski definition) is 1. The second kappa shape index (κ2) is 6.57. The SMILES string of the molecule is Brc1cccc(C2CC(c3ccccc3)=Nc3cccnc3N2)c1. The number of anilines is 1. The van der Waals surface area contributed by atoms with Crippen LogP contribution >= 0.6 is 15.9 Å². The second-order valence-electron chi connectivity index (χ2n) is 5.75. The van der Waals surface area contributed by atoms with E-state index in [0.29, 0.717) is 0 Å². The number of aromatic nitrogens is 1. The quantitative estimate of drug-likeness (QED) is 0.637. The Balaban J connectivity index is 1.81. The van der Waals surface area contributed by atoms with Crippen molar-refractivity contribution >= 4 is 33.1 Å². The van der Waals surface area contributed by atoms with Crippen molar-refractivity contribution in [3.05, 3.63) is 88.5 Å². The van der Waals surface area contributed by atoms with E-state index in [1.54, 1.807) is 6.20 Å². The van der Waals surface area contributed by atoms with E-state index in [1.807, 2.05) is 24.3 Å². The zero-order valence-corrected chi connectivity index (χ0v) is 14.6. The summed E-state index contributed by atoms with van der Waals surface area (Å²) in [6.07, 6.45) is 2.60. The van der Waals surface area contributed by atoms with Gasteiger partial charge < -0.3 is 5.32 Å². The van der Waals surface area contributed by atoms with Crippen LogP contribution in [0.5, 0.6) is 0 Å². The molecule has 118 valence electrons. The molecular weight excluding hydrogens is 362 g/mol. The summed E-state index contributed by atoms with van der Waals surface area (Å²) < 4.78 is 1.07. The molecular formula is C20H16BrN3. The number of fused-ring (bicyclic) bond motifs is 1. The minimum atomic E-state index is 0.123. The highest BCUT2D eigenvalue weighted by molar-refractivity contribution is 9.10. The van der Waals surface area contributed by atoms with Crippen molar-refractivity contribution in [2.24, 2.45) is 4.99 Å². The fourth-order valence-electron chi connectivity index (χ4n) is 2.94. The van der Waals surface area contributed by atoms with Gasteiger partial charge in [0.1, 0.15) is 5.69 Å². The number of nitrogens with one attached hydrogen (secondary N) is 1. The lowest BCUT2D eigenvalue weighted by Crippen LogP contribution is -2.15. The van der Waals surface area contributed by atoms with Gasteiger partial charge in [-0.1, -0.05) is 58.4 Å². The Kier molecular flexibility index (Phi) is 4.13. The van der Waals surface area contributed by atoms with Crippen LogP contribution < -0.4 is 5.32 Å². The molecule has 0 amide bonds. The van der Waals surface area contributed by atoms with Crippen molar-refractivity contribution in [2.75, 3.05) is 5.32 Å². The Labute approximate surface area is 149 Å². The maximum Gasteiger partial charge on any atom is 0.152 e. The molecule has 0 aliphatic carbocycles. The maximum absolute atomic E-state index is 4.89. The van der Waals surface area contributed by atoms with Crippen LogP contribution in [0, 0.1) is 0 Å². The molecule has 1 unspecified atom stereocenters. The Bertz CT molecular complexity index is 890.